The van der Waals surface area contributed by atoms with Gasteiger partial charge in [0.25, 0.3) is 0 Å². The summed E-state index contributed by atoms with van der Waals surface area (Å²) in [5.41, 5.74) is 0. The van der Waals surface area contributed by atoms with Crippen LogP contribution >= 0.6 is 11.6 Å². The van der Waals surface area contributed by atoms with E-state index in [0.717, 1.165) is 32.5 Å². The molecule has 1 rings (SSSR count). The summed E-state index contributed by atoms with van der Waals surface area (Å²) in [7, 11) is 0. The van der Waals surface area contributed by atoms with Crippen molar-refractivity contribution in [1.82, 2.24) is 4.90 Å². The van der Waals surface area contributed by atoms with Crippen molar-refractivity contribution in [1.29, 1.82) is 0 Å². The van der Waals surface area contributed by atoms with E-state index in [9.17, 15) is 5.11 Å². The molecule has 3 nitrogen and oxygen atoms in total. The second-order valence-corrected chi connectivity index (χ2v) is 4.36. The van der Waals surface area contributed by atoms with Gasteiger partial charge in [-0.3, -0.25) is 0 Å². The maximum Gasteiger partial charge on any atom is 0.0834 e. The second-order valence-electron chi connectivity index (χ2n) is 3.98. The monoisotopic (exact) mass is 234 g/mol. The highest BCUT2D eigenvalue weighted by Crippen LogP contribution is 2.20. The first-order valence-electron chi connectivity index (χ1n) is 5.84. The van der Waals surface area contributed by atoms with Gasteiger partial charge in [0.05, 0.1) is 13.2 Å². The van der Waals surface area contributed by atoms with Gasteiger partial charge in [-0.1, -0.05) is 0 Å². The number of alkyl halides is 1. The van der Waals surface area contributed by atoms with Gasteiger partial charge in [-0.25, -0.2) is 5.11 Å². The summed E-state index contributed by atoms with van der Waals surface area (Å²) in [5.74, 6) is 0.574. The molecular weight excluding hydrogens is 214 g/mol. The lowest BCUT2D eigenvalue weighted by Crippen LogP contribution is -2.31. The molecular formula is C11H21ClNO2. The normalized spacial score (nSPS) is 22.4. The highest BCUT2D eigenvalue weighted by molar-refractivity contribution is 6.17. The highest BCUT2D eigenvalue weighted by Gasteiger charge is 2.23. The Morgan fingerprint density at radius 3 is 3.00 bits per heavy atom. The van der Waals surface area contributed by atoms with Crippen LogP contribution in [0, 0.1) is 0 Å². The van der Waals surface area contributed by atoms with Crippen LogP contribution in [0.4, 0.5) is 0 Å². The van der Waals surface area contributed by atoms with E-state index in [1.54, 1.807) is 0 Å². The van der Waals surface area contributed by atoms with Crippen molar-refractivity contribution in [2.45, 2.75) is 31.7 Å². The van der Waals surface area contributed by atoms with Gasteiger partial charge in [0.15, 0.2) is 0 Å². The first-order valence-corrected chi connectivity index (χ1v) is 6.37. The first-order chi connectivity index (χ1) is 7.38. The lowest BCUT2D eigenvalue weighted by atomic mass is 10.1. The number of nitrogens with zero attached hydrogens (tertiary/aromatic N) is 1. The summed E-state index contributed by atoms with van der Waals surface area (Å²) in [6.45, 7) is 3.61. The van der Waals surface area contributed by atoms with Crippen LogP contribution in [0.1, 0.15) is 25.7 Å². The average Bonchev–Trinajstić information content (AvgIpc) is 2.69. The van der Waals surface area contributed by atoms with Crippen molar-refractivity contribution in [2.24, 2.45) is 0 Å². The van der Waals surface area contributed by atoms with E-state index in [2.05, 4.69) is 4.90 Å². The minimum Gasteiger partial charge on any atom is -0.380 e. The number of halogens is 1. The maximum absolute atomic E-state index is 10.4. The minimum absolute atomic E-state index is 0.0476. The zero-order valence-corrected chi connectivity index (χ0v) is 10.0. The Bertz CT molecular complexity index is 158. The molecule has 0 saturated carbocycles. The number of hydrogen-bond acceptors (Lipinski definition) is 2. The fourth-order valence-corrected chi connectivity index (χ4v) is 2.27. The summed E-state index contributed by atoms with van der Waals surface area (Å²) < 4.78 is 5.38. The Morgan fingerprint density at radius 1 is 1.40 bits per heavy atom. The van der Waals surface area contributed by atoms with E-state index >= 15 is 0 Å². The molecule has 1 heterocycles. The van der Waals surface area contributed by atoms with Crippen LogP contribution in [-0.2, 0) is 9.84 Å². The molecule has 1 aliphatic heterocycles. The van der Waals surface area contributed by atoms with Crippen LogP contribution in [0.5, 0.6) is 0 Å². The van der Waals surface area contributed by atoms with Crippen LogP contribution in [-0.4, -0.2) is 49.7 Å². The fourth-order valence-electron chi connectivity index (χ4n) is 2.16. The molecule has 0 amide bonds. The molecule has 0 aromatic heterocycles. The molecule has 0 aliphatic carbocycles. The van der Waals surface area contributed by atoms with E-state index < -0.39 is 0 Å². The molecule has 1 atom stereocenters. The van der Waals surface area contributed by atoms with E-state index in [1.165, 1.54) is 12.8 Å². The summed E-state index contributed by atoms with van der Waals surface area (Å²) in [6.07, 6.45) is 4.37. The Kier molecular flexibility index (Phi) is 7.36. The van der Waals surface area contributed by atoms with Gasteiger partial charge in [-0.2, -0.15) is 0 Å². The summed E-state index contributed by atoms with van der Waals surface area (Å²) in [4.78, 5) is 2.43. The van der Waals surface area contributed by atoms with Gasteiger partial charge >= 0.3 is 0 Å². The molecule has 1 aliphatic rings. The molecule has 0 aromatic carbocycles. The standard InChI is InChI=1S/C11H21ClNO2/c12-5-10-15-9-4-11-3-1-6-13(11)7-2-8-14/h11H,1-10H2. The van der Waals surface area contributed by atoms with Crippen molar-refractivity contribution >= 4 is 11.6 Å². The van der Waals surface area contributed by atoms with Crippen LogP contribution in [0.3, 0.4) is 0 Å². The summed E-state index contributed by atoms with van der Waals surface area (Å²) in [6, 6.07) is 0.631. The molecule has 1 unspecified atom stereocenters. The Labute approximate surface area is 97.4 Å². The van der Waals surface area contributed by atoms with Crippen LogP contribution < -0.4 is 0 Å². The zero-order valence-electron chi connectivity index (χ0n) is 9.29. The van der Waals surface area contributed by atoms with Crippen molar-refractivity contribution in [3.8, 4) is 0 Å². The molecule has 1 radical (unpaired) electrons. The lowest BCUT2D eigenvalue weighted by Gasteiger charge is -2.23. The smallest absolute Gasteiger partial charge is 0.0834 e. The Balaban J connectivity index is 2.09. The minimum atomic E-state index is 0.0476. The lowest BCUT2D eigenvalue weighted by molar-refractivity contribution is 0.113. The van der Waals surface area contributed by atoms with Gasteiger partial charge in [-0.05, 0) is 32.2 Å². The van der Waals surface area contributed by atoms with Crippen LogP contribution in [0.25, 0.3) is 0 Å². The van der Waals surface area contributed by atoms with E-state index in [1.807, 2.05) is 0 Å². The molecule has 1 saturated heterocycles. The molecule has 15 heavy (non-hydrogen) atoms. The predicted molar refractivity (Wildman–Crippen MR) is 60.9 cm³/mol. The third-order valence-electron chi connectivity index (χ3n) is 2.91. The van der Waals surface area contributed by atoms with Crippen molar-refractivity contribution in [3.63, 3.8) is 0 Å². The number of ether oxygens (including phenoxy) is 1. The zero-order chi connectivity index (χ0) is 10.9. The number of rotatable bonds is 8. The van der Waals surface area contributed by atoms with E-state index in [4.69, 9.17) is 16.3 Å². The SMILES string of the molecule is [O]CCCN1CCCC1CCOCCCl. The molecule has 4 heteroatoms. The highest BCUT2D eigenvalue weighted by atomic mass is 35.5. The number of hydrogen-bond donors (Lipinski definition) is 0. The largest absolute Gasteiger partial charge is 0.380 e. The topological polar surface area (TPSA) is 32.4 Å². The van der Waals surface area contributed by atoms with Gasteiger partial charge in [0.2, 0.25) is 0 Å². The quantitative estimate of drug-likeness (QED) is 0.475. The van der Waals surface area contributed by atoms with Gasteiger partial charge < -0.3 is 9.64 Å². The Hall–Kier alpha value is 0.170. The van der Waals surface area contributed by atoms with Gasteiger partial charge in [-0.15, -0.1) is 11.6 Å². The van der Waals surface area contributed by atoms with Crippen molar-refractivity contribution < 1.29 is 9.84 Å². The molecule has 0 spiro atoms. The second kappa shape index (κ2) is 8.34. The van der Waals surface area contributed by atoms with Crippen LogP contribution in [0.2, 0.25) is 0 Å². The van der Waals surface area contributed by atoms with Crippen molar-refractivity contribution in [2.75, 3.05) is 38.8 Å². The third kappa shape index (κ3) is 5.16. The maximum atomic E-state index is 10.4. The fraction of sp³-hybridized carbons (Fsp3) is 1.00. The molecule has 0 aromatic rings. The molecule has 0 N–H and O–H groups in total. The van der Waals surface area contributed by atoms with E-state index in [0.29, 0.717) is 18.5 Å². The third-order valence-corrected chi connectivity index (χ3v) is 3.06. The number of likely N-dealkylation sites (tertiary alicyclic amines) is 1. The van der Waals surface area contributed by atoms with Gasteiger partial charge in [0.1, 0.15) is 0 Å². The van der Waals surface area contributed by atoms with E-state index in [-0.39, 0.29) is 6.61 Å². The molecule has 89 valence electrons. The molecule has 0 bridgehead atoms. The predicted octanol–water partition coefficient (Wildman–Crippen LogP) is 1.92. The average molecular weight is 235 g/mol. The van der Waals surface area contributed by atoms with Crippen molar-refractivity contribution in [3.05, 3.63) is 0 Å². The summed E-state index contributed by atoms with van der Waals surface area (Å²) >= 11 is 5.52. The van der Waals surface area contributed by atoms with Crippen LogP contribution in [0.15, 0.2) is 0 Å². The summed E-state index contributed by atoms with van der Waals surface area (Å²) in [5, 5.41) is 10.4. The van der Waals surface area contributed by atoms with Gasteiger partial charge in [0, 0.05) is 25.1 Å². The Morgan fingerprint density at radius 2 is 2.27 bits per heavy atom. The first kappa shape index (κ1) is 13.2. The molecule has 1 fully saturated rings.